The highest BCUT2D eigenvalue weighted by Crippen LogP contribution is 2.35. The van der Waals surface area contributed by atoms with Crippen LogP contribution in [-0.4, -0.2) is 63.9 Å². The molecular formula is C26H29N5O3. The molecule has 34 heavy (non-hydrogen) atoms. The minimum absolute atomic E-state index is 0.120. The minimum Gasteiger partial charge on any atom is -0.507 e. The minimum atomic E-state index is -0.753. The van der Waals surface area contributed by atoms with Crippen molar-refractivity contribution in [3.8, 4) is 34.1 Å². The molecule has 0 amide bonds. The van der Waals surface area contributed by atoms with Gasteiger partial charge in [0.2, 0.25) is 5.88 Å². The van der Waals surface area contributed by atoms with Gasteiger partial charge in [-0.15, -0.1) is 0 Å². The Hall–Kier alpha value is -3.46. The van der Waals surface area contributed by atoms with Crippen LogP contribution in [0.2, 0.25) is 0 Å². The summed E-state index contributed by atoms with van der Waals surface area (Å²) in [5, 5.41) is 24.5. The van der Waals surface area contributed by atoms with Gasteiger partial charge in [0, 0.05) is 24.8 Å². The number of phenols is 1. The van der Waals surface area contributed by atoms with Crippen LogP contribution in [0.1, 0.15) is 18.2 Å². The number of H-pyrrole nitrogens is 1. The number of nitrogens with one attached hydrogen (secondary N) is 2. The topological polar surface area (TPSA) is 107 Å². The molecule has 0 radical (unpaired) electrons. The molecule has 1 aliphatic heterocycles. The summed E-state index contributed by atoms with van der Waals surface area (Å²) in [7, 11) is 3.71. The normalized spacial score (nSPS) is 17.3. The third-order valence-electron chi connectivity index (χ3n) is 6.44. The molecule has 0 saturated carbocycles. The Bertz CT molecular complexity index is 1300. The highest BCUT2D eigenvalue weighted by molar-refractivity contribution is 5.83. The molecule has 0 spiro atoms. The first-order valence-electron chi connectivity index (χ1n) is 11.4. The number of methoxy groups -OCH3 is 1. The summed E-state index contributed by atoms with van der Waals surface area (Å²) in [6.45, 7) is 2.93. The highest BCUT2D eigenvalue weighted by Gasteiger charge is 2.21. The third-order valence-corrected chi connectivity index (χ3v) is 6.44. The molecule has 2 atom stereocenters. The predicted molar refractivity (Wildman–Crippen MR) is 132 cm³/mol. The first kappa shape index (κ1) is 22.3. The number of hydrogen-bond donors (Lipinski definition) is 4. The molecule has 1 aliphatic rings. The van der Waals surface area contributed by atoms with E-state index >= 15 is 0 Å². The maximum Gasteiger partial charge on any atom is 0.221 e. The molecule has 0 bridgehead atoms. The number of fused-ring (bicyclic) bond motifs is 1. The number of imidazole rings is 1. The van der Waals surface area contributed by atoms with Gasteiger partial charge in [0.1, 0.15) is 17.8 Å². The second-order valence-corrected chi connectivity index (χ2v) is 8.88. The van der Waals surface area contributed by atoms with Crippen molar-refractivity contribution in [3.63, 3.8) is 0 Å². The van der Waals surface area contributed by atoms with E-state index in [9.17, 15) is 10.2 Å². The number of rotatable bonds is 7. The van der Waals surface area contributed by atoms with Gasteiger partial charge < -0.3 is 24.8 Å². The lowest BCUT2D eigenvalue weighted by atomic mass is 10.0. The SMILES string of the molecule is COc1ncccc1-c1ccc(O)c(-c2nc3ccc(C(O)NCC4CCN(C)C4)cc3[nH]2)c1. The number of nitrogens with zero attached hydrogens (tertiary/aromatic N) is 3. The van der Waals surface area contributed by atoms with Crippen LogP contribution in [0, 0.1) is 5.92 Å². The quantitative estimate of drug-likeness (QED) is 0.313. The molecule has 0 aliphatic carbocycles. The van der Waals surface area contributed by atoms with Crippen LogP contribution in [0.4, 0.5) is 0 Å². The van der Waals surface area contributed by atoms with Crippen molar-refractivity contribution in [1.82, 2.24) is 25.2 Å². The lowest BCUT2D eigenvalue weighted by Gasteiger charge is -2.16. The fraction of sp³-hybridized carbons (Fsp3) is 0.308. The number of aliphatic hydroxyl groups excluding tert-OH is 1. The Morgan fingerprint density at radius 1 is 1.21 bits per heavy atom. The van der Waals surface area contributed by atoms with E-state index in [-0.39, 0.29) is 5.75 Å². The van der Waals surface area contributed by atoms with Gasteiger partial charge in [0.15, 0.2) is 0 Å². The van der Waals surface area contributed by atoms with E-state index in [2.05, 4.69) is 32.2 Å². The number of benzene rings is 2. The molecule has 3 heterocycles. The molecule has 2 unspecified atom stereocenters. The van der Waals surface area contributed by atoms with Gasteiger partial charge in [-0.2, -0.15) is 0 Å². The zero-order valence-corrected chi connectivity index (χ0v) is 19.3. The highest BCUT2D eigenvalue weighted by atomic mass is 16.5. The van der Waals surface area contributed by atoms with Gasteiger partial charge in [-0.1, -0.05) is 12.1 Å². The molecule has 4 N–H and O–H groups in total. The van der Waals surface area contributed by atoms with E-state index in [1.165, 1.54) is 0 Å². The van der Waals surface area contributed by atoms with Crippen LogP contribution in [-0.2, 0) is 0 Å². The maximum atomic E-state index is 10.7. The van der Waals surface area contributed by atoms with Crippen LogP contribution >= 0.6 is 0 Å². The molecule has 8 heteroatoms. The van der Waals surface area contributed by atoms with Crippen molar-refractivity contribution in [2.75, 3.05) is 33.8 Å². The number of aliphatic hydroxyl groups is 1. The fourth-order valence-electron chi connectivity index (χ4n) is 4.58. The fourth-order valence-corrected chi connectivity index (χ4v) is 4.58. The largest absolute Gasteiger partial charge is 0.507 e. The van der Waals surface area contributed by atoms with Gasteiger partial charge in [0.25, 0.3) is 0 Å². The Morgan fingerprint density at radius 2 is 2.09 bits per heavy atom. The molecule has 2 aromatic carbocycles. The molecule has 2 aromatic heterocycles. The summed E-state index contributed by atoms with van der Waals surface area (Å²) in [6, 6.07) is 14.7. The van der Waals surface area contributed by atoms with Gasteiger partial charge in [-0.25, -0.2) is 9.97 Å². The molecular weight excluding hydrogens is 430 g/mol. The number of hydrogen-bond acceptors (Lipinski definition) is 7. The van der Waals surface area contributed by atoms with Gasteiger partial charge in [0.05, 0.1) is 23.7 Å². The van der Waals surface area contributed by atoms with Crippen LogP contribution in [0.5, 0.6) is 11.6 Å². The summed E-state index contributed by atoms with van der Waals surface area (Å²) in [5.74, 6) is 1.73. The monoisotopic (exact) mass is 459 g/mol. The first-order chi connectivity index (χ1) is 16.5. The lowest BCUT2D eigenvalue weighted by Crippen LogP contribution is -2.28. The molecule has 8 nitrogen and oxygen atoms in total. The Labute approximate surface area is 198 Å². The summed E-state index contributed by atoms with van der Waals surface area (Å²) in [4.78, 5) is 14.5. The average Bonchev–Trinajstić information content (AvgIpc) is 3.48. The van der Waals surface area contributed by atoms with Crippen LogP contribution in [0.15, 0.2) is 54.7 Å². The van der Waals surface area contributed by atoms with Crippen LogP contribution in [0.3, 0.4) is 0 Å². The second-order valence-electron chi connectivity index (χ2n) is 8.88. The van der Waals surface area contributed by atoms with E-state index < -0.39 is 6.23 Å². The Morgan fingerprint density at radius 3 is 2.88 bits per heavy atom. The van der Waals surface area contributed by atoms with Crippen molar-refractivity contribution < 1.29 is 14.9 Å². The molecule has 4 aromatic rings. The molecule has 1 saturated heterocycles. The second kappa shape index (κ2) is 9.42. The summed E-state index contributed by atoms with van der Waals surface area (Å²) >= 11 is 0. The number of pyridine rings is 1. The van der Waals surface area contributed by atoms with Crippen LogP contribution in [0.25, 0.3) is 33.5 Å². The van der Waals surface area contributed by atoms with Crippen molar-refractivity contribution >= 4 is 11.0 Å². The Balaban J connectivity index is 1.40. The number of phenolic OH excluding ortho intramolecular Hbond substituents is 1. The summed E-state index contributed by atoms with van der Waals surface area (Å²) in [5.41, 5.74) is 4.57. The molecule has 176 valence electrons. The lowest BCUT2D eigenvalue weighted by molar-refractivity contribution is 0.133. The number of aromatic amines is 1. The van der Waals surface area contributed by atoms with E-state index in [0.717, 1.165) is 53.8 Å². The predicted octanol–water partition coefficient (Wildman–Crippen LogP) is 3.54. The zero-order valence-electron chi connectivity index (χ0n) is 19.3. The summed E-state index contributed by atoms with van der Waals surface area (Å²) in [6.07, 6.45) is 2.07. The summed E-state index contributed by atoms with van der Waals surface area (Å²) < 4.78 is 5.39. The number of likely N-dealkylation sites (tertiary alicyclic amines) is 1. The molecule has 1 fully saturated rings. The van der Waals surface area contributed by atoms with E-state index in [1.807, 2.05) is 42.5 Å². The van der Waals surface area contributed by atoms with Crippen LogP contribution < -0.4 is 10.1 Å². The van der Waals surface area contributed by atoms with Gasteiger partial charge in [-0.05, 0) is 73.5 Å². The van der Waals surface area contributed by atoms with E-state index in [0.29, 0.717) is 23.2 Å². The van der Waals surface area contributed by atoms with Gasteiger partial charge >= 0.3 is 0 Å². The number of aromatic nitrogens is 3. The first-order valence-corrected chi connectivity index (χ1v) is 11.4. The number of aromatic hydroxyl groups is 1. The molecule has 5 rings (SSSR count). The van der Waals surface area contributed by atoms with Crippen molar-refractivity contribution in [1.29, 1.82) is 0 Å². The van der Waals surface area contributed by atoms with E-state index in [4.69, 9.17) is 4.74 Å². The smallest absolute Gasteiger partial charge is 0.221 e. The number of ether oxygens (including phenoxy) is 1. The standard InChI is InChI=1S/C26H29N5O3/c1-31-11-9-16(15-31)14-28-25(33)18-5-7-21-22(13-18)30-24(29-21)20-12-17(6-8-23(20)32)19-4-3-10-27-26(19)34-2/h3-8,10,12-13,16,25,28,32-33H,9,11,14-15H2,1-2H3,(H,29,30). The van der Waals surface area contributed by atoms with Crippen molar-refractivity contribution in [3.05, 3.63) is 60.3 Å². The maximum absolute atomic E-state index is 10.7. The zero-order chi connectivity index (χ0) is 23.7. The van der Waals surface area contributed by atoms with Crippen molar-refractivity contribution in [2.24, 2.45) is 5.92 Å². The van der Waals surface area contributed by atoms with E-state index in [1.54, 1.807) is 19.4 Å². The average molecular weight is 460 g/mol. The third kappa shape index (κ3) is 4.48. The Kier molecular flexibility index (Phi) is 6.19. The van der Waals surface area contributed by atoms with Gasteiger partial charge in [-0.3, -0.25) is 5.32 Å². The van der Waals surface area contributed by atoms with Crippen molar-refractivity contribution in [2.45, 2.75) is 12.6 Å².